The molecule has 1 aliphatic heterocycles. The number of pyridine rings is 1. The highest BCUT2D eigenvalue weighted by molar-refractivity contribution is 5.92. The lowest BCUT2D eigenvalue weighted by Crippen LogP contribution is -2.38. The number of nitrogens with zero attached hydrogens (tertiary/aromatic N) is 2. The van der Waals surface area contributed by atoms with Crippen molar-refractivity contribution in [2.75, 3.05) is 18.5 Å². The van der Waals surface area contributed by atoms with Crippen LogP contribution in [0.4, 0.5) is 5.82 Å². The molecule has 3 N–H and O–H groups in total. The third-order valence-corrected chi connectivity index (χ3v) is 3.19. The summed E-state index contributed by atoms with van der Waals surface area (Å²) in [6, 6.07) is 5.23. The summed E-state index contributed by atoms with van der Waals surface area (Å²) < 4.78 is 0. The lowest BCUT2D eigenvalue weighted by molar-refractivity contribution is 0.0691. The van der Waals surface area contributed by atoms with Crippen LogP contribution < -0.4 is 11.3 Å². The maximum absolute atomic E-state index is 12.2. The lowest BCUT2D eigenvalue weighted by Gasteiger charge is -2.30. The van der Waals surface area contributed by atoms with Crippen molar-refractivity contribution in [1.29, 1.82) is 0 Å². The van der Waals surface area contributed by atoms with Gasteiger partial charge < -0.3 is 10.3 Å². The standard InChI is InChI=1S/C12H18N4O/c1-9-5-7-16(8-6-9)12(17)10-3-2-4-11(14-10)15-13/h2-4,9H,5-8,13H2,1H3,(H,14,15). The number of hydrogen-bond donors (Lipinski definition) is 2. The van der Waals surface area contributed by atoms with Crippen molar-refractivity contribution >= 4 is 11.7 Å². The summed E-state index contributed by atoms with van der Waals surface area (Å²) in [5.74, 6) is 6.50. The van der Waals surface area contributed by atoms with Crippen molar-refractivity contribution in [3.05, 3.63) is 23.9 Å². The van der Waals surface area contributed by atoms with Crippen molar-refractivity contribution in [2.24, 2.45) is 11.8 Å². The van der Waals surface area contributed by atoms with Crippen molar-refractivity contribution < 1.29 is 4.79 Å². The maximum Gasteiger partial charge on any atom is 0.272 e. The monoisotopic (exact) mass is 234 g/mol. The number of likely N-dealkylation sites (tertiary alicyclic amines) is 1. The summed E-state index contributed by atoms with van der Waals surface area (Å²) in [6.45, 7) is 3.86. The van der Waals surface area contributed by atoms with Crippen LogP contribution in [-0.4, -0.2) is 28.9 Å². The topological polar surface area (TPSA) is 71.2 Å². The van der Waals surface area contributed by atoms with Crippen LogP contribution in [0.1, 0.15) is 30.3 Å². The molecule has 1 aromatic heterocycles. The predicted molar refractivity (Wildman–Crippen MR) is 66.3 cm³/mol. The van der Waals surface area contributed by atoms with E-state index in [0.29, 0.717) is 17.4 Å². The average Bonchev–Trinajstić information content (AvgIpc) is 2.39. The van der Waals surface area contributed by atoms with E-state index < -0.39 is 0 Å². The van der Waals surface area contributed by atoms with Crippen LogP contribution in [0.2, 0.25) is 0 Å². The Bertz CT molecular complexity index is 399. The number of carbonyl (C=O) groups excluding carboxylic acids is 1. The van der Waals surface area contributed by atoms with E-state index in [1.807, 2.05) is 4.90 Å². The maximum atomic E-state index is 12.2. The number of piperidine rings is 1. The highest BCUT2D eigenvalue weighted by atomic mass is 16.2. The molecule has 1 amide bonds. The Morgan fingerprint density at radius 2 is 2.18 bits per heavy atom. The second-order valence-electron chi connectivity index (χ2n) is 4.53. The van der Waals surface area contributed by atoms with E-state index in [-0.39, 0.29) is 5.91 Å². The molecule has 2 rings (SSSR count). The molecule has 5 heteroatoms. The first-order valence-electron chi connectivity index (χ1n) is 5.93. The minimum Gasteiger partial charge on any atom is -0.337 e. The number of rotatable bonds is 2. The van der Waals surface area contributed by atoms with E-state index in [9.17, 15) is 4.79 Å². The molecule has 1 saturated heterocycles. The van der Waals surface area contributed by atoms with Crippen LogP contribution in [-0.2, 0) is 0 Å². The fourth-order valence-electron chi connectivity index (χ4n) is 2.01. The second-order valence-corrected chi connectivity index (χ2v) is 4.53. The minimum atomic E-state index is -0.00556. The molecule has 0 saturated carbocycles. The van der Waals surface area contributed by atoms with Crippen molar-refractivity contribution in [1.82, 2.24) is 9.88 Å². The molecule has 0 aliphatic carbocycles. The van der Waals surface area contributed by atoms with E-state index in [1.54, 1.807) is 18.2 Å². The molecule has 92 valence electrons. The number of nitrogens with two attached hydrogens (primary N) is 1. The van der Waals surface area contributed by atoms with Crippen LogP contribution in [0.5, 0.6) is 0 Å². The lowest BCUT2D eigenvalue weighted by atomic mass is 9.99. The van der Waals surface area contributed by atoms with Crippen molar-refractivity contribution in [2.45, 2.75) is 19.8 Å². The molecular weight excluding hydrogens is 216 g/mol. The molecule has 0 radical (unpaired) electrons. The third kappa shape index (κ3) is 2.74. The predicted octanol–water partition coefficient (Wildman–Crippen LogP) is 1.24. The van der Waals surface area contributed by atoms with Gasteiger partial charge >= 0.3 is 0 Å². The summed E-state index contributed by atoms with van der Waals surface area (Å²) in [5, 5.41) is 0. The first-order valence-corrected chi connectivity index (χ1v) is 5.93. The number of anilines is 1. The SMILES string of the molecule is CC1CCN(C(=O)c2cccc(NN)n2)CC1. The molecule has 17 heavy (non-hydrogen) atoms. The van der Waals surface area contributed by atoms with Gasteiger partial charge in [-0.2, -0.15) is 0 Å². The molecule has 0 spiro atoms. The van der Waals surface area contributed by atoms with Crippen LogP contribution in [0.25, 0.3) is 0 Å². The summed E-state index contributed by atoms with van der Waals surface area (Å²) in [7, 11) is 0. The number of nitrogens with one attached hydrogen (secondary N) is 1. The molecule has 0 unspecified atom stereocenters. The fraction of sp³-hybridized carbons (Fsp3) is 0.500. The van der Waals surface area contributed by atoms with Gasteiger partial charge in [-0.05, 0) is 30.9 Å². The molecule has 1 fully saturated rings. The Hall–Kier alpha value is -1.62. The third-order valence-electron chi connectivity index (χ3n) is 3.19. The summed E-state index contributed by atoms with van der Waals surface area (Å²) in [6.07, 6.45) is 2.14. The van der Waals surface area contributed by atoms with Gasteiger partial charge in [0.2, 0.25) is 0 Å². The molecule has 0 atom stereocenters. The van der Waals surface area contributed by atoms with Crippen molar-refractivity contribution in [3.8, 4) is 0 Å². The quantitative estimate of drug-likeness (QED) is 0.596. The van der Waals surface area contributed by atoms with Crippen LogP contribution in [0.15, 0.2) is 18.2 Å². The van der Waals surface area contributed by atoms with E-state index in [4.69, 9.17) is 5.84 Å². The normalized spacial score (nSPS) is 16.9. The van der Waals surface area contributed by atoms with Crippen LogP contribution in [0, 0.1) is 5.92 Å². The van der Waals surface area contributed by atoms with Crippen LogP contribution in [0.3, 0.4) is 0 Å². The van der Waals surface area contributed by atoms with Gasteiger partial charge in [0.05, 0.1) is 0 Å². The van der Waals surface area contributed by atoms with Gasteiger partial charge in [0.25, 0.3) is 5.91 Å². The number of aromatic nitrogens is 1. The van der Waals surface area contributed by atoms with E-state index in [2.05, 4.69) is 17.3 Å². The molecule has 2 heterocycles. The second kappa shape index (κ2) is 5.14. The van der Waals surface area contributed by atoms with Gasteiger partial charge in [-0.25, -0.2) is 10.8 Å². The fourth-order valence-corrected chi connectivity index (χ4v) is 2.01. The highest BCUT2D eigenvalue weighted by Gasteiger charge is 2.22. The number of hydrogen-bond acceptors (Lipinski definition) is 4. The minimum absolute atomic E-state index is 0.00556. The molecule has 0 bridgehead atoms. The van der Waals surface area contributed by atoms with Gasteiger partial charge in [0.15, 0.2) is 0 Å². The highest BCUT2D eigenvalue weighted by Crippen LogP contribution is 2.18. The smallest absolute Gasteiger partial charge is 0.272 e. The first kappa shape index (κ1) is 11.9. The Morgan fingerprint density at radius 1 is 1.47 bits per heavy atom. The summed E-state index contributed by atoms with van der Waals surface area (Å²) >= 11 is 0. The van der Waals surface area contributed by atoms with Gasteiger partial charge in [-0.1, -0.05) is 13.0 Å². The zero-order valence-corrected chi connectivity index (χ0v) is 10.0. The Labute approximate surface area is 101 Å². The molecule has 1 aliphatic rings. The van der Waals surface area contributed by atoms with Crippen LogP contribution >= 0.6 is 0 Å². The Kier molecular flexibility index (Phi) is 3.58. The number of carbonyl (C=O) groups is 1. The van der Waals surface area contributed by atoms with E-state index in [0.717, 1.165) is 25.9 Å². The average molecular weight is 234 g/mol. The Morgan fingerprint density at radius 3 is 2.82 bits per heavy atom. The van der Waals surface area contributed by atoms with Gasteiger partial charge in [0, 0.05) is 13.1 Å². The molecule has 0 aromatic carbocycles. The number of hydrazine groups is 1. The number of amides is 1. The Balaban J connectivity index is 2.08. The van der Waals surface area contributed by atoms with E-state index in [1.165, 1.54) is 0 Å². The largest absolute Gasteiger partial charge is 0.337 e. The molecular formula is C12H18N4O. The summed E-state index contributed by atoms with van der Waals surface area (Å²) in [5.41, 5.74) is 2.90. The van der Waals surface area contributed by atoms with Crippen molar-refractivity contribution in [3.63, 3.8) is 0 Å². The zero-order valence-electron chi connectivity index (χ0n) is 10.0. The number of nitrogen functional groups attached to an aromatic ring is 1. The van der Waals surface area contributed by atoms with Gasteiger partial charge in [0.1, 0.15) is 11.5 Å². The zero-order chi connectivity index (χ0) is 12.3. The molecule has 1 aromatic rings. The van der Waals surface area contributed by atoms with E-state index >= 15 is 0 Å². The first-order chi connectivity index (χ1) is 8.20. The molecule has 5 nitrogen and oxygen atoms in total. The van der Waals surface area contributed by atoms with Gasteiger partial charge in [-0.3, -0.25) is 4.79 Å². The summed E-state index contributed by atoms with van der Waals surface area (Å²) in [4.78, 5) is 18.2. The van der Waals surface area contributed by atoms with Gasteiger partial charge in [-0.15, -0.1) is 0 Å².